The van der Waals surface area contributed by atoms with E-state index in [0.717, 1.165) is 42.7 Å². The lowest BCUT2D eigenvalue weighted by Gasteiger charge is -2.43. The van der Waals surface area contributed by atoms with Crippen LogP contribution in [0.1, 0.15) is 36.5 Å². The predicted octanol–water partition coefficient (Wildman–Crippen LogP) is 4.23. The van der Waals surface area contributed by atoms with Gasteiger partial charge in [-0.1, -0.05) is 48.5 Å². The average molecular weight is 410 g/mol. The first-order valence-corrected chi connectivity index (χ1v) is 10.8. The lowest BCUT2D eigenvalue weighted by Crippen LogP contribution is -2.58. The molecule has 0 aromatic heterocycles. The van der Waals surface area contributed by atoms with E-state index in [1.165, 1.54) is 5.56 Å². The fourth-order valence-corrected chi connectivity index (χ4v) is 4.58. The Bertz CT molecular complexity index is 861. The molecular formula is C25H33N2O3+. The van der Waals surface area contributed by atoms with Crippen molar-refractivity contribution in [3.63, 3.8) is 0 Å². The molecule has 0 aliphatic carbocycles. The van der Waals surface area contributed by atoms with Crippen molar-refractivity contribution >= 4 is 17.6 Å². The summed E-state index contributed by atoms with van der Waals surface area (Å²) in [5, 5.41) is 3.13. The molecule has 3 rings (SSSR count). The second-order valence-electron chi connectivity index (χ2n) is 8.46. The van der Waals surface area contributed by atoms with Gasteiger partial charge >= 0.3 is 5.97 Å². The SMILES string of the molecule is CCOC(=O)C1CCC[N+](CC(=O)Nc2c(C)cccc2C)(Cc2ccccc2)C1. The second-order valence-corrected chi connectivity index (χ2v) is 8.46. The maximum Gasteiger partial charge on any atom is 0.314 e. The van der Waals surface area contributed by atoms with Gasteiger partial charge in [-0.15, -0.1) is 0 Å². The van der Waals surface area contributed by atoms with Crippen molar-refractivity contribution in [3.8, 4) is 0 Å². The number of hydrogen-bond acceptors (Lipinski definition) is 3. The van der Waals surface area contributed by atoms with Gasteiger partial charge < -0.3 is 14.5 Å². The number of hydrogen-bond donors (Lipinski definition) is 1. The Labute approximate surface area is 179 Å². The number of quaternary nitrogens is 1. The Morgan fingerprint density at radius 1 is 1.07 bits per heavy atom. The van der Waals surface area contributed by atoms with Crippen LogP contribution in [0.2, 0.25) is 0 Å². The number of likely N-dealkylation sites (tertiary alicyclic amines) is 1. The minimum Gasteiger partial charge on any atom is -0.466 e. The molecule has 1 amide bonds. The number of carbonyl (C=O) groups excluding carboxylic acids is 2. The Hall–Kier alpha value is -2.66. The van der Waals surface area contributed by atoms with Crippen molar-refractivity contribution in [2.45, 2.75) is 40.2 Å². The number of benzene rings is 2. The van der Waals surface area contributed by atoms with Crippen molar-refractivity contribution in [1.29, 1.82) is 0 Å². The lowest BCUT2D eigenvalue weighted by atomic mass is 9.94. The molecule has 2 unspecified atom stereocenters. The van der Waals surface area contributed by atoms with E-state index in [9.17, 15) is 9.59 Å². The number of aryl methyl sites for hydroxylation is 2. The van der Waals surface area contributed by atoms with Crippen LogP contribution in [0.4, 0.5) is 5.69 Å². The standard InChI is InChI=1S/C25H32N2O3/c1-4-30-25(29)22-14-9-15-27(17-22,16-21-12-6-5-7-13-21)18-23(28)26-24-19(2)10-8-11-20(24)3/h5-8,10-13,22H,4,9,14-18H2,1-3H3/p+1. The van der Waals surface area contributed by atoms with Crippen LogP contribution in [-0.4, -0.2) is 42.6 Å². The normalized spacial score (nSPS) is 21.1. The van der Waals surface area contributed by atoms with Gasteiger partial charge in [0.15, 0.2) is 6.54 Å². The molecule has 0 saturated carbocycles. The monoisotopic (exact) mass is 409 g/mol. The summed E-state index contributed by atoms with van der Waals surface area (Å²) in [7, 11) is 0. The highest BCUT2D eigenvalue weighted by molar-refractivity contribution is 5.93. The number of nitrogens with one attached hydrogen (secondary N) is 1. The molecule has 0 bridgehead atoms. The number of ether oxygens (including phenoxy) is 1. The zero-order valence-electron chi connectivity index (χ0n) is 18.3. The largest absolute Gasteiger partial charge is 0.466 e. The van der Waals surface area contributed by atoms with Crippen molar-refractivity contribution in [2.24, 2.45) is 5.92 Å². The average Bonchev–Trinajstić information content (AvgIpc) is 2.72. The third-order valence-electron chi connectivity index (χ3n) is 6.00. The first-order chi connectivity index (χ1) is 14.4. The summed E-state index contributed by atoms with van der Waals surface area (Å²) in [5.41, 5.74) is 4.18. The molecular weight excluding hydrogens is 376 g/mol. The van der Waals surface area contributed by atoms with Gasteiger partial charge in [0, 0.05) is 11.3 Å². The second kappa shape index (κ2) is 9.90. The molecule has 0 spiro atoms. The van der Waals surface area contributed by atoms with Crippen LogP contribution < -0.4 is 5.32 Å². The molecule has 5 nitrogen and oxygen atoms in total. The molecule has 1 aliphatic rings. The maximum atomic E-state index is 13.1. The van der Waals surface area contributed by atoms with Gasteiger partial charge in [0.05, 0.1) is 19.7 Å². The van der Waals surface area contributed by atoms with E-state index in [-0.39, 0.29) is 17.8 Å². The number of carbonyl (C=O) groups is 2. The summed E-state index contributed by atoms with van der Waals surface area (Å²) < 4.78 is 5.88. The molecule has 1 aliphatic heterocycles. The summed E-state index contributed by atoms with van der Waals surface area (Å²) in [5.74, 6) is -0.300. The van der Waals surface area contributed by atoms with Crippen LogP contribution in [0, 0.1) is 19.8 Å². The summed E-state index contributed by atoms with van der Waals surface area (Å²) in [6.45, 7) is 8.84. The lowest BCUT2D eigenvalue weighted by molar-refractivity contribution is -0.940. The molecule has 1 heterocycles. The highest BCUT2D eigenvalue weighted by atomic mass is 16.5. The molecule has 5 heteroatoms. The van der Waals surface area contributed by atoms with Gasteiger partial charge in [-0.2, -0.15) is 0 Å². The molecule has 0 radical (unpaired) electrons. The van der Waals surface area contributed by atoms with Gasteiger partial charge in [-0.05, 0) is 44.7 Å². The van der Waals surface area contributed by atoms with Gasteiger partial charge in [0.25, 0.3) is 5.91 Å². The molecule has 2 aromatic carbocycles. The molecule has 30 heavy (non-hydrogen) atoms. The third kappa shape index (κ3) is 5.48. The molecule has 1 saturated heterocycles. The zero-order valence-corrected chi connectivity index (χ0v) is 18.3. The van der Waals surface area contributed by atoms with Gasteiger partial charge in [-0.25, -0.2) is 0 Å². The number of rotatable bonds is 7. The summed E-state index contributed by atoms with van der Waals surface area (Å²) in [6, 6.07) is 16.3. The van der Waals surface area contributed by atoms with Crippen molar-refractivity contribution < 1.29 is 18.8 Å². The van der Waals surface area contributed by atoms with Gasteiger partial charge in [-0.3, -0.25) is 9.59 Å². The van der Waals surface area contributed by atoms with Gasteiger partial charge in [0.2, 0.25) is 0 Å². The van der Waals surface area contributed by atoms with Crippen LogP contribution >= 0.6 is 0 Å². The quantitative estimate of drug-likeness (QED) is 0.550. The number of amides is 1. The summed E-state index contributed by atoms with van der Waals surface area (Å²) >= 11 is 0. The fourth-order valence-electron chi connectivity index (χ4n) is 4.58. The highest BCUT2D eigenvalue weighted by Gasteiger charge is 2.40. The Morgan fingerprint density at radius 3 is 2.43 bits per heavy atom. The molecule has 2 atom stereocenters. The number of para-hydroxylation sites is 1. The molecule has 1 N–H and O–H groups in total. The minimum absolute atomic E-state index is 0.00663. The Morgan fingerprint density at radius 2 is 1.77 bits per heavy atom. The van der Waals surface area contributed by atoms with E-state index in [1.807, 2.05) is 57.2 Å². The van der Waals surface area contributed by atoms with Crippen LogP contribution in [0.25, 0.3) is 0 Å². The minimum atomic E-state index is -0.157. The van der Waals surface area contributed by atoms with E-state index in [0.29, 0.717) is 24.2 Å². The van der Waals surface area contributed by atoms with Crippen LogP contribution in [0.3, 0.4) is 0 Å². The van der Waals surface area contributed by atoms with Crippen molar-refractivity contribution in [2.75, 3.05) is 31.6 Å². The van der Waals surface area contributed by atoms with E-state index in [2.05, 4.69) is 17.4 Å². The number of esters is 1. The van der Waals surface area contributed by atoms with E-state index in [4.69, 9.17) is 4.74 Å². The first kappa shape index (κ1) is 22.0. The fraction of sp³-hybridized carbons (Fsp3) is 0.440. The highest BCUT2D eigenvalue weighted by Crippen LogP contribution is 2.28. The zero-order chi connectivity index (χ0) is 21.6. The first-order valence-electron chi connectivity index (χ1n) is 10.8. The van der Waals surface area contributed by atoms with E-state index in [1.54, 1.807) is 0 Å². The summed E-state index contributed by atoms with van der Waals surface area (Å²) in [4.78, 5) is 25.6. The maximum absolute atomic E-state index is 13.1. The molecule has 1 fully saturated rings. The molecule has 2 aromatic rings. The topological polar surface area (TPSA) is 55.4 Å². The number of anilines is 1. The third-order valence-corrected chi connectivity index (χ3v) is 6.00. The predicted molar refractivity (Wildman–Crippen MR) is 119 cm³/mol. The smallest absolute Gasteiger partial charge is 0.314 e. The Balaban J connectivity index is 1.82. The number of piperidine rings is 1. The van der Waals surface area contributed by atoms with Crippen molar-refractivity contribution in [3.05, 3.63) is 65.2 Å². The molecule has 160 valence electrons. The number of nitrogens with zero attached hydrogens (tertiary/aromatic N) is 1. The van der Waals surface area contributed by atoms with Crippen molar-refractivity contribution in [1.82, 2.24) is 0 Å². The van der Waals surface area contributed by atoms with Gasteiger partial charge in [0.1, 0.15) is 12.5 Å². The van der Waals surface area contributed by atoms with Crippen LogP contribution in [-0.2, 0) is 20.9 Å². The van der Waals surface area contributed by atoms with E-state index < -0.39 is 0 Å². The van der Waals surface area contributed by atoms with E-state index >= 15 is 0 Å². The van der Waals surface area contributed by atoms with Crippen LogP contribution in [0.5, 0.6) is 0 Å². The van der Waals surface area contributed by atoms with Crippen LogP contribution in [0.15, 0.2) is 48.5 Å². The summed E-state index contributed by atoms with van der Waals surface area (Å²) in [6.07, 6.45) is 1.74. The Kier molecular flexibility index (Phi) is 7.27.